The Labute approximate surface area is 151 Å². The molecule has 138 valence electrons. The van der Waals surface area contributed by atoms with Crippen molar-refractivity contribution >= 4 is 5.91 Å². The van der Waals surface area contributed by atoms with Crippen LogP contribution in [0.25, 0.3) is 0 Å². The minimum atomic E-state index is -0.121. The number of likely N-dealkylation sites (tertiary alicyclic amines) is 1. The van der Waals surface area contributed by atoms with Crippen molar-refractivity contribution < 1.29 is 9.53 Å². The van der Waals surface area contributed by atoms with Crippen LogP contribution in [0.2, 0.25) is 0 Å². The molecule has 0 saturated carbocycles. The molecule has 1 aromatic carbocycles. The molecule has 2 heterocycles. The molecule has 4 nitrogen and oxygen atoms in total. The van der Waals surface area contributed by atoms with E-state index in [-0.39, 0.29) is 23.5 Å². The highest BCUT2D eigenvalue weighted by Crippen LogP contribution is 2.25. The molecule has 1 aromatic rings. The third-order valence-corrected chi connectivity index (χ3v) is 5.48. The van der Waals surface area contributed by atoms with Crippen molar-refractivity contribution in [1.29, 1.82) is 0 Å². The first-order chi connectivity index (χ1) is 12.0. The van der Waals surface area contributed by atoms with E-state index >= 15 is 0 Å². The fourth-order valence-corrected chi connectivity index (χ4v) is 4.08. The van der Waals surface area contributed by atoms with Gasteiger partial charge in [0.15, 0.2) is 0 Å². The number of nitrogens with one attached hydrogen (secondary N) is 1. The van der Waals surface area contributed by atoms with E-state index in [1.165, 1.54) is 5.56 Å². The van der Waals surface area contributed by atoms with Crippen molar-refractivity contribution in [3.8, 4) is 0 Å². The molecule has 1 N–H and O–H groups in total. The topological polar surface area (TPSA) is 41.6 Å². The van der Waals surface area contributed by atoms with E-state index in [0.29, 0.717) is 0 Å². The standard InChI is InChI=1S/C21H32N2O2/c1-21(2)15-19(11-14-25-21)22-20(24)18-9-6-12-23(16-18)13-10-17-7-4-3-5-8-17/h3-5,7-8,18-19H,6,9-16H2,1-2H3,(H,22,24)/t18-,19+/m1/s1. The molecule has 2 saturated heterocycles. The lowest BCUT2D eigenvalue weighted by Gasteiger charge is -2.37. The van der Waals surface area contributed by atoms with Gasteiger partial charge in [0.25, 0.3) is 0 Å². The zero-order valence-corrected chi connectivity index (χ0v) is 15.7. The third-order valence-electron chi connectivity index (χ3n) is 5.48. The molecule has 2 fully saturated rings. The largest absolute Gasteiger partial charge is 0.375 e. The molecular weight excluding hydrogens is 312 g/mol. The lowest BCUT2D eigenvalue weighted by atomic mass is 9.92. The van der Waals surface area contributed by atoms with Gasteiger partial charge in [0.1, 0.15) is 0 Å². The summed E-state index contributed by atoms with van der Waals surface area (Å²) < 4.78 is 5.75. The maximum Gasteiger partial charge on any atom is 0.224 e. The minimum absolute atomic E-state index is 0.121. The zero-order chi connectivity index (χ0) is 17.7. The first-order valence-corrected chi connectivity index (χ1v) is 9.72. The van der Waals surface area contributed by atoms with Crippen LogP contribution in [0.1, 0.15) is 45.1 Å². The van der Waals surface area contributed by atoms with Crippen LogP contribution in [0.4, 0.5) is 0 Å². The number of carbonyl (C=O) groups excluding carboxylic acids is 1. The van der Waals surface area contributed by atoms with Crippen LogP contribution in [-0.2, 0) is 16.0 Å². The second kappa shape index (κ2) is 8.33. The Balaban J connectivity index is 1.46. The maximum atomic E-state index is 12.7. The first-order valence-electron chi connectivity index (χ1n) is 9.72. The number of hydrogen-bond acceptors (Lipinski definition) is 3. The van der Waals surface area contributed by atoms with Gasteiger partial charge >= 0.3 is 0 Å². The summed E-state index contributed by atoms with van der Waals surface area (Å²) in [6.45, 7) is 8.00. The minimum Gasteiger partial charge on any atom is -0.375 e. The van der Waals surface area contributed by atoms with Gasteiger partial charge < -0.3 is 15.0 Å². The second-order valence-corrected chi connectivity index (χ2v) is 8.18. The Morgan fingerprint density at radius 2 is 2.08 bits per heavy atom. The van der Waals surface area contributed by atoms with Gasteiger partial charge in [-0.3, -0.25) is 4.79 Å². The monoisotopic (exact) mass is 344 g/mol. The highest BCUT2D eigenvalue weighted by Gasteiger charge is 2.32. The van der Waals surface area contributed by atoms with Crippen LogP contribution >= 0.6 is 0 Å². The molecule has 0 unspecified atom stereocenters. The highest BCUT2D eigenvalue weighted by molar-refractivity contribution is 5.79. The number of piperidine rings is 1. The molecule has 0 bridgehead atoms. The summed E-state index contributed by atoms with van der Waals surface area (Å²) in [4.78, 5) is 15.2. The van der Waals surface area contributed by atoms with E-state index in [1.807, 2.05) is 0 Å². The number of hydrogen-bond donors (Lipinski definition) is 1. The number of benzene rings is 1. The molecule has 3 rings (SSSR count). The quantitative estimate of drug-likeness (QED) is 0.893. The lowest BCUT2D eigenvalue weighted by Crippen LogP contribution is -2.50. The van der Waals surface area contributed by atoms with Gasteiger partial charge in [-0.2, -0.15) is 0 Å². The van der Waals surface area contributed by atoms with Gasteiger partial charge in [-0.1, -0.05) is 30.3 Å². The third kappa shape index (κ3) is 5.55. The lowest BCUT2D eigenvalue weighted by molar-refractivity contribution is -0.129. The predicted octanol–water partition coefficient (Wildman–Crippen LogP) is 3.01. The summed E-state index contributed by atoms with van der Waals surface area (Å²) in [5, 5.41) is 3.29. The van der Waals surface area contributed by atoms with Gasteiger partial charge in [0, 0.05) is 25.7 Å². The second-order valence-electron chi connectivity index (χ2n) is 8.18. The van der Waals surface area contributed by atoms with Crippen LogP contribution in [0.15, 0.2) is 30.3 Å². The number of carbonyl (C=O) groups is 1. The normalized spacial score (nSPS) is 27.0. The van der Waals surface area contributed by atoms with Gasteiger partial charge in [-0.25, -0.2) is 0 Å². The van der Waals surface area contributed by atoms with E-state index in [4.69, 9.17) is 4.74 Å². The number of rotatable bonds is 5. The molecule has 2 aliphatic rings. The smallest absolute Gasteiger partial charge is 0.224 e. The molecule has 2 atom stereocenters. The Hall–Kier alpha value is -1.39. The zero-order valence-electron chi connectivity index (χ0n) is 15.7. The SMILES string of the molecule is CC1(C)C[C@@H](NC(=O)[C@@H]2CCCN(CCc3ccccc3)C2)CCO1. The highest BCUT2D eigenvalue weighted by atomic mass is 16.5. The molecule has 0 radical (unpaired) electrons. The van der Waals surface area contributed by atoms with Gasteiger partial charge in [-0.05, 0) is 58.1 Å². The van der Waals surface area contributed by atoms with Gasteiger partial charge in [0.05, 0.1) is 11.5 Å². The van der Waals surface area contributed by atoms with E-state index in [1.54, 1.807) is 0 Å². The fraction of sp³-hybridized carbons (Fsp3) is 0.667. The Bertz CT molecular complexity index is 558. The Morgan fingerprint density at radius 1 is 1.28 bits per heavy atom. The summed E-state index contributed by atoms with van der Waals surface area (Å²) in [5.41, 5.74) is 1.25. The molecule has 0 aromatic heterocycles. The maximum absolute atomic E-state index is 12.7. The van der Waals surface area contributed by atoms with E-state index in [9.17, 15) is 4.79 Å². The van der Waals surface area contributed by atoms with E-state index in [2.05, 4.69) is 54.4 Å². The van der Waals surface area contributed by atoms with Crippen molar-refractivity contribution in [2.75, 3.05) is 26.2 Å². The average molecular weight is 344 g/mol. The first kappa shape index (κ1) is 18.4. The van der Waals surface area contributed by atoms with Gasteiger partial charge in [0.2, 0.25) is 5.91 Å². The van der Waals surface area contributed by atoms with E-state index in [0.717, 1.165) is 58.3 Å². The van der Waals surface area contributed by atoms with Crippen LogP contribution in [0.3, 0.4) is 0 Å². The van der Waals surface area contributed by atoms with Crippen LogP contribution in [0.5, 0.6) is 0 Å². The summed E-state index contributed by atoms with van der Waals surface area (Å²) in [6.07, 6.45) is 5.03. The molecule has 0 spiro atoms. The fourth-order valence-electron chi connectivity index (χ4n) is 4.08. The van der Waals surface area contributed by atoms with Crippen molar-refractivity contribution in [1.82, 2.24) is 10.2 Å². The van der Waals surface area contributed by atoms with E-state index < -0.39 is 0 Å². The summed E-state index contributed by atoms with van der Waals surface area (Å²) in [6, 6.07) is 10.9. The summed E-state index contributed by atoms with van der Waals surface area (Å²) in [5.74, 6) is 0.377. The van der Waals surface area contributed by atoms with Crippen molar-refractivity contribution in [2.45, 2.75) is 57.6 Å². The number of ether oxygens (including phenoxy) is 1. The molecule has 1 amide bonds. The molecular formula is C21H32N2O2. The summed E-state index contributed by atoms with van der Waals surface area (Å²) in [7, 11) is 0. The van der Waals surface area contributed by atoms with Crippen molar-refractivity contribution in [3.05, 3.63) is 35.9 Å². The predicted molar refractivity (Wildman–Crippen MR) is 101 cm³/mol. The van der Waals surface area contributed by atoms with Crippen molar-refractivity contribution in [3.63, 3.8) is 0 Å². The van der Waals surface area contributed by atoms with Crippen LogP contribution < -0.4 is 5.32 Å². The van der Waals surface area contributed by atoms with Gasteiger partial charge in [-0.15, -0.1) is 0 Å². The number of amides is 1. The molecule has 25 heavy (non-hydrogen) atoms. The molecule has 0 aliphatic carbocycles. The Kier molecular flexibility index (Phi) is 6.13. The summed E-state index contributed by atoms with van der Waals surface area (Å²) >= 11 is 0. The Morgan fingerprint density at radius 3 is 2.84 bits per heavy atom. The average Bonchev–Trinajstić information content (AvgIpc) is 2.60. The molecule has 4 heteroatoms. The van der Waals surface area contributed by atoms with Crippen LogP contribution in [0, 0.1) is 5.92 Å². The number of nitrogens with zero attached hydrogens (tertiary/aromatic N) is 1. The molecule has 2 aliphatic heterocycles. The van der Waals surface area contributed by atoms with Crippen LogP contribution in [-0.4, -0.2) is 48.7 Å². The van der Waals surface area contributed by atoms with Crippen molar-refractivity contribution in [2.24, 2.45) is 5.92 Å².